The number of nitrogens with zero attached hydrogens (tertiary/aromatic N) is 2. The van der Waals surface area contributed by atoms with Gasteiger partial charge in [-0.25, -0.2) is 4.98 Å². The van der Waals surface area contributed by atoms with E-state index in [1.54, 1.807) is 0 Å². The van der Waals surface area contributed by atoms with Gasteiger partial charge in [0.15, 0.2) is 5.13 Å². The summed E-state index contributed by atoms with van der Waals surface area (Å²) < 4.78 is 0. The van der Waals surface area contributed by atoms with E-state index in [4.69, 9.17) is 4.98 Å². The second-order valence-electron chi connectivity index (χ2n) is 5.60. The summed E-state index contributed by atoms with van der Waals surface area (Å²) in [7, 11) is 0. The summed E-state index contributed by atoms with van der Waals surface area (Å²) in [5.74, 6) is 0.816. The van der Waals surface area contributed by atoms with E-state index in [1.165, 1.54) is 35.2 Å². The van der Waals surface area contributed by atoms with Crippen LogP contribution in [0.25, 0.3) is 0 Å². The molecule has 0 aromatic carbocycles. The highest BCUT2D eigenvalue weighted by molar-refractivity contribution is 7.15. The predicted octanol–water partition coefficient (Wildman–Crippen LogP) is 3.05. The molecule has 1 atom stereocenters. The summed E-state index contributed by atoms with van der Waals surface area (Å²) in [5.41, 5.74) is 1.28. The average molecular weight is 267 g/mol. The Morgan fingerprint density at radius 1 is 1.50 bits per heavy atom. The van der Waals surface area contributed by atoms with Crippen molar-refractivity contribution < 1.29 is 0 Å². The van der Waals surface area contributed by atoms with Gasteiger partial charge in [0.25, 0.3) is 0 Å². The molecule has 1 aliphatic rings. The Hall–Kier alpha value is -0.610. The van der Waals surface area contributed by atoms with Crippen molar-refractivity contribution in [1.82, 2.24) is 10.3 Å². The second kappa shape index (κ2) is 6.02. The zero-order chi connectivity index (χ0) is 13.1. The fourth-order valence-electron chi connectivity index (χ4n) is 2.32. The number of hydrogen-bond donors (Lipinski definition) is 1. The fourth-order valence-corrected chi connectivity index (χ4v) is 3.46. The molecule has 2 heterocycles. The van der Waals surface area contributed by atoms with Crippen LogP contribution in [0.15, 0.2) is 0 Å². The summed E-state index contributed by atoms with van der Waals surface area (Å²) in [5, 5.41) is 4.73. The first-order chi connectivity index (χ1) is 8.60. The van der Waals surface area contributed by atoms with Crippen LogP contribution in [0.1, 0.15) is 44.7 Å². The van der Waals surface area contributed by atoms with E-state index in [0.29, 0.717) is 6.04 Å². The monoisotopic (exact) mass is 267 g/mol. The maximum absolute atomic E-state index is 4.83. The van der Waals surface area contributed by atoms with E-state index in [9.17, 15) is 0 Å². The Bertz CT molecular complexity index is 386. The minimum atomic E-state index is 0.534. The smallest absolute Gasteiger partial charge is 0.185 e. The van der Waals surface area contributed by atoms with Crippen molar-refractivity contribution in [2.75, 3.05) is 18.0 Å². The maximum Gasteiger partial charge on any atom is 0.185 e. The van der Waals surface area contributed by atoms with Crippen LogP contribution in [0.5, 0.6) is 0 Å². The summed E-state index contributed by atoms with van der Waals surface area (Å²) in [6.07, 6.45) is 2.34. The number of rotatable bonds is 5. The molecular formula is C14H25N3S. The van der Waals surface area contributed by atoms with Crippen LogP contribution < -0.4 is 10.2 Å². The van der Waals surface area contributed by atoms with Gasteiger partial charge in [-0.05, 0) is 18.8 Å². The minimum Gasteiger partial charge on any atom is -0.348 e. The third kappa shape index (κ3) is 3.23. The van der Waals surface area contributed by atoms with Crippen molar-refractivity contribution in [1.29, 1.82) is 0 Å². The van der Waals surface area contributed by atoms with E-state index in [2.05, 4.69) is 37.9 Å². The molecule has 1 aromatic rings. The molecule has 0 saturated carbocycles. The van der Waals surface area contributed by atoms with Gasteiger partial charge in [-0.15, -0.1) is 11.3 Å². The van der Waals surface area contributed by atoms with Crippen LogP contribution in [-0.2, 0) is 13.0 Å². The third-order valence-electron chi connectivity index (χ3n) is 3.47. The van der Waals surface area contributed by atoms with E-state index in [0.717, 1.165) is 18.9 Å². The lowest BCUT2D eigenvalue weighted by Gasteiger charge is -2.13. The van der Waals surface area contributed by atoms with Crippen LogP contribution in [0.2, 0.25) is 0 Å². The highest BCUT2D eigenvalue weighted by Crippen LogP contribution is 2.30. The van der Waals surface area contributed by atoms with Gasteiger partial charge in [-0.2, -0.15) is 0 Å². The van der Waals surface area contributed by atoms with Crippen LogP contribution in [0.3, 0.4) is 0 Å². The van der Waals surface area contributed by atoms with E-state index in [1.807, 2.05) is 11.3 Å². The molecule has 0 spiro atoms. The lowest BCUT2D eigenvalue weighted by atomic mass is 10.2. The van der Waals surface area contributed by atoms with Gasteiger partial charge in [-0.3, -0.25) is 0 Å². The van der Waals surface area contributed by atoms with Crippen molar-refractivity contribution in [2.24, 2.45) is 5.92 Å². The zero-order valence-electron chi connectivity index (χ0n) is 12.0. The number of aromatic nitrogens is 1. The number of thiazole rings is 1. The standard InChI is InChI=1S/C14H25N3S/c1-5-12-13(8-15-10(2)3)18-14(16-12)17-7-6-11(4)9-17/h10-11,15H,5-9H2,1-4H3. The van der Waals surface area contributed by atoms with Crippen LogP contribution in [-0.4, -0.2) is 24.1 Å². The van der Waals surface area contributed by atoms with Gasteiger partial charge in [0, 0.05) is 30.6 Å². The summed E-state index contributed by atoms with van der Waals surface area (Å²) >= 11 is 1.88. The van der Waals surface area contributed by atoms with Crippen molar-refractivity contribution >= 4 is 16.5 Å². The van der Waals surface area contributed by atoms with Gasteiger partial charge in [0.2, 0.25) is 0 Å². The molecule has 102 valence electrons. The van der Waals surface area contributed by atoms with Crippen LogP contribution in [0.4, 0.5) is 5.13 Å². The van der Waals surface area contributed by atoms with Gasteiger partial charge >= 0.3 is 0 Å². The fraction of sp³-hybridized carbons (Fsp3) is 0.786. The first kappa shape index (κ1) is 13.8. The average Bonchev–Trinajstić information content (AvgIpc) is 2.92. The quantitative estimate of drug-likeness (QED) is 0.889. The lowest BCUT2D eigenvalue weighted by molar-refractivity contribution is 0.590. The molecule has 1 unspecified atom stereocenters. The van der Waals surface area contributed by atoms with Crippen molar-refractivity contribution in [3.05, 3.63) is 10.6 Å². The Morgan fingerprint density at radius 2 is 2.28 bits per heavy atom. The normalized spacial score (nSPS) is 20.1. The van der Waals surface area contributed by atoms with Crippen LogP contribution in [0, 0.1) is 5.92 Å². The highest BCUT2D eigenvalue weighted by Gasteiger charge is 2.22. The van der Waals surface area contributed by atoms with E-state index < -0.39 is 0 Å². The summed E-state index contributed by atoms with van der Waals surface area (Å²) in [6, 6.07) is 0.534. The first-order valence-electron chi connectivity index (χ1n) is 7.07. The van der Waals surface area contributed by atoms with E-state index >= 15 is 0 Å². The molecule has 0 bridgehead atoms. The molecule has 0 radical (unpaired) electrons. The van der Waals surface area contributed by atoms with Crippen molar-refractivity contribution in [3.8, 4) is 0 Å². The molecular weight excluding hydrogens is 242 g/mol. The Labute approximate surface area is 115 Å². The molecule has 0 amide bonds. The second-order valence-corrected chi connectivity index (χ2v) is 6.66. The molecule has 3 nitrogen and oxygen atoms in total. The van der Waals surface area contributed by atoms with Crippen LogP contribution >= 0.6 is 11.3 Å². The minimum absolute atomic E-state index is 0.534. The highest BCUT2D eigenvalue weighted by atomic mass is 32.1. The Kier molecular flexibility index (Phi) is 4.62. The van der Waals surface area contributed by atoms with Crippen molar-refractivity contribution in [2.45, 2.75) is 53.1 Å². The Morgan fingerprint density at radius 3 is 2.83 bits per heavy atom. The lowest BCUT2D eigenvalue weighted by Crippen LogP contribution is -2.21. The summed E-state index contributed by atoms with van der Waals surface area (Å²) in [6.45, 7) is 12.2. The molecule has 1 aliphatic heterocycles. The third-order valence-corrected chi connectivity index (χ3v) is 4.63. The molecule has 1 saturated heterocycles. The number of anilines is 1. The molecule has 4 heteroatoms. The molecule has 1 aromatic heterocycles. The predicted molar refractivity (Wildman–Crippen MR) is 79.5 cm³/mol. The molecule has 2 rings (SSSR count). The van der Waals surface area contributed by atoms with E-state index in [-0.39, 0.29) is 0 Å². The van der Waals surface area contributed by atoms with Gasteiger partial charge in [0.1, 0.15) is 0 Å². The van der Waals surface area contributed by atoms with Gasteiger partial charge in [0.05, 0.1) is 5.69 Å². The molecule has 1 fully saturated rings. The summed E-state index contributed by atoms with van der Waals surface area (Å²) in [4.78, 5) is 8.70. The zero-order valence-corrected chi connectivity index (χ0v) is 12.8. The SMILES string of the molecule is CCc1nc(N2CCC(C)C2)sc1CNC(C)C. The van der Waals surface area contributed by atoms with Gasteiger partial charge < -0.3 is 10.2 Å². The number of hydrogen-bond acceptors (Lipinski definition) is 4. The molecule has 0 aliphatic carbocycles. The largest absolute Gasteiger partial charge is 0.348 e. The molecule has 1 N–H and O–H groups in total. The Balaban J connectivity index is 2.08. The van der Waals surface area contributed by atoms with Gasteiger partial charge in [-0.1, -0.05) is 27.7 Å². The molecule has 18 heavy (non-hydrogen) atoms. The number of nitrogens with one attached hydrogen (secondary N) is 1. The maximum atomic E-state index is 4.83. The number of aryl methyl sites for hydroxylation is 1. The first-order valence-corrected chi connectivity index (χ1v) is 7.88. The van der Waals surface area contributed by atoms with Crippen molar-refractivity contribution in [3.63, 3.8) is 0 Å². The topological polar surface area (TPSA) is 28.2 Å².